The van der Waals surface area contributed by atoms with Crippen molar-refractivity contribution in [1.82, 2.24) is 25.2 Å². The van der Waals surface area contributed by atoms with Crippen molar-refractivity contribution < 1.29 is 13.9 Å². The highest BCUT2D eigenvalue weighted by Crippen LogP contribution is 2.17. The second kappa shape index (κ2) is 8.75. The summed E-state index contributed by atoms with van der Waals surface area (Å²) in [6.07, 6.45) is 4.58. The van der Waals surface area contributed by atoms with Gasteiger partial charge in [0.15, 0.2) is 6.61 Å². The van der Waals surface area contributed by atoms with Crippen molar-refractivity contribution in [2.75, 3.05) is 0 Å². The Labute approximate surface area is 166 Å². The van der Waals surface area contributed by atoms with Crippen molar-refractivity contribution in [2.24, 2.45) is 0 Å². The lowest BCUT2D eigenvalue weighted by Gasteiger charge is -1.99. The van der Waals surface area contributed by atoms with E-state index in [4.69, 9.17) is 9.15 Å². The van der Waals surface area contributed by atoms with Crippen LogP contribution in [0.25, 0.3) is 17.5 Å². The average Bonchev–Trinajstić information content (AvgIpc) is 3.42. The fourth-order valence-electron chi connectivity index (χ4n) is 2.58. The third-order valence-electron chi connectivity index (χ3n) is 3.96. The lowest BCUT2D eigenvalue weighted by molar-refractivity contribution is -0.139. The van der Waals surface area contributed by atoms with E-state index >= 15 is 0 Å². The molecule has 0 aliphatic heterocycles. The molecule has 2 aromatic carbocycles. The van der Waals surface area contributed by atoms with Gasteiger partial charge in [0.25, 0.3) is 5.89 Å². The largest absolute Gasteiger partial charge is 0.452 e. The molecule has 0 atom stereocenters. The van der Waals surface area contributed by atoms with Gasteiger partial charge in [-0.1, -0.05) is 53.7 Å². The fraction of sp³-hybridized carbons (Fsp3) is 0.0952. The molecule has 2 heterocycles. The summed E-state index contributed by atoms with van der Waals surface area (Å²) in [6.45, 7) is 0.497. The van der Waals surface area contributed by atoms with Crippen molar-refractivity contribution in [3.8, 4) is 11.5 Å². The monoisotopic (exact) mass is 387 g/mol. The molecule has 0 unspecified atom stereocenters. The van der Waals surface area contributed by atoms with E-state index in [-0.39, 0.29) is 12.5 Å². The van der Waals surface area contributed by atoms with Gasteiger partial charge in [0.1, 0.15) is 5.69 Å². The van der Waals surface area contributed by atoms with Crippen molar-refractivity contribution in [1.29, 1.82) is 0 Å². The maximum Gasteiger partial charge on any atom is 0.331 e. The summed E-state index contributed by atoms with van der Waals surface area (Å²) in [6, 6.07) is 19.3. The van der Waals surface area contributed by atoms with E-state index in [1.807, 2.05) is 60.7 Å². The van der Waals surface area contributed by atoms with Crippen LogP contribution in [0.15, 0.2) is 77.4 Å². The Morgan fingerprint density at radius 3 is 2.55 bits per heavy atom. The Bertz CT molecular complexity index is 1100. The van der Waals surface area contributed by atoms with Crippen LogP contribution in [-0.2, 0) is 22.7 Å². The number of hydrogen-bond acceptors (Lipinski definition) is 7. The van der Waals surface area contributed by atoms with Crippen molar-refractivity contribution in [3.05, 3.63) is 90.1 Å². The zero-order valence-electron chi connectivity index (χ0n) is 15.4. The maximum absolute atomic E-state index is 11.9. The molecule has 0 radical (unpaired) electrons. The minimum atomic E-state index is -0.540. The third kappa shape index (κ3) is 5.01. The Hall–Kier alpha value is -4.07. The molecule has 0 amide bonds. The molecule has 0 saturated heterocycles. The lowest BCUT2D eigenvalue weighted by atomic mass is 10.2. The van der Waals surface area contributed by atoms with Crippen molar-refractivity contribution >= 4 is 12.0 Å². The topological polar surface area (TPSA) is 95.9 Å². The highest BCUT2D eigenvalue weighted by molar-refractivity contribution is 5.86. The predicted molar refractivity (Wildman–Crippen MR) is 104 cm³/mol. The highest BCUT2D eigenvalue weighted by Gasteiger charge is 2.09. The molecule has 4 rings (SSSR count). The van der Waals surface area contributed by atoms with Gasteiger partial charge in [-0.2, -0.15) is 0 Å². The van der Waals surface area contributed by atoms with Gasteiger partial charge in [0.2, 0.25) is 5.89 Å². The molecule has 8 heteroatoms. The Morgan fingerprint density at radius 2 is 1.76 bits per heavy atom. The molecule has 0 aliphatic rings. The molecule has 0 fully saturated rings. The molecule has 144 valence electrons. The summed E-state index contributed by atoms with van der Waals surface area (Å²) in [7, 11) is 0. The number of aromatic nitrogens is 5. The van der Waals surface area contributed by atoms with E-state index < -0.39 is 5.97 Å². The van der Waals surface area contributed by atoms with E-state index in [2.05, 4.69) is 20.5 Å². The van der Waals surface area contributed by atoms with E-state index in [1.54, 1.807) is 17.0 Å². The first-order valence-corrected chi connectivity index (χ1v) is 8.93. The normalized spacial score (nSPS) is 11.0. The van der Waals surface area contributed by atoms with Crippen LogP contribution in [0.5, 0.6) is 0 Å². The van der Waals surface area contributed by atoms with Crippen LogP contribution in [0.3, 0.4) is 0 Å². The number of rotatable bonds is 7. The van der Waals surface area contributed by atoms with Crippen molar-refractivity contribution in [3.63, 3.8) is 0 Å². The number of carbonyl (C=O) groups excluding carboxylic acids is 1. The van der Waals surface area contributed by atoms with Crippen LogP contribution in [0, 0.1) is 0 Å². The van der Waals surface area contributed by atoms with Gasteiger partial charge in [0.05, 0.1) is 12.7 Å². The molecule has 29 heavy (non-hydrogen) atoms. The molecule has 0 N–H and O–H groups in total. The number of esters is 1. The van der Waals surface area contributed by atoms with E-state index in [1.165, 1.54) is 6.08 Å². The first kappa shape index (κ1) is 18.3. The summed E-state index contributed by atoms with van der Waals surface area (Å²) >= 11 is 0. The van der Waals surface area contributed by atoms with Crippen LogP contribution in [0.2, 0.25) is 0 Å². The van der Waals surface area contributed by atoms with Crippen LogP contribution in [0.1, 0.15) is 17.1 Å². The van der Waals surface area contributed by atoms with Gasteiger partial charge in [-0.25, -0.2) is 9.48 Å². The summed E-state index contributed by atoms with van der Waals surface area (Å²) in [5.74, 6) is 0.0590. The predicted octanol–water partition coefficient (Wildman–Crippen LogP) is 3.13. The number of carbonyl (C=O) groups is 1. The molecule has 0 saturated carbocycles. The van der Waals surface area contributed by atoms with Crippen LogP contribution in [-0.4, -0.2) is 31.2 Å². The summed E-state index contributed by atoms with van der Waals surface area (Å²) < 4.78 is 12.3. The Balaban J connectivity index is 1.29. The lowest BCUT2D eigenvalue weighted by Crippen LogP contribution is -2.01. The van der Waals surface area contributed by atoms with E-state index in [9.17, 15) is 4.79 Å². The van der Waals surface area contributed by atoms with Gasteiger partial charge < -0.3 is 9.15 Å². The fourth-order valence-corrected chi connectivity index (χ4v) is 2.58. The number of nitrogens with zero attached hydrogens (tertiary/aromatic N) is 5. The first-order valence-electron chi connectivity index (χ1n) is 8.93. The van der Waals surface area contributed by atoms with Gasteiger partial charge in [-0.05, 0) is 23.8 Å². The highest BCUT2D eigenvalue weighted by atomic mass is 16.5. The number of benzene rings is 2. The molecular formula is C21H17N5O3. The smallest absolute Gasteiger partial charge is 0.331 e. The Morgan fingerprint density at radius 1 is 1.00 bits per heavy atom. The molecule has 8 nitrogen and oxygen atoms in total. The second-order valence-corrected chi connectivity index (χ2v) is 6.13. The first-order chi connectivity index (χ1) is 14.3. The van der Waals surface area contributed by atoms with Crippen LogP contribution in [0.4, 0.5) is 0 Å². The van der Waals surface area contributed by atoms with E-state index in [0.29, 0.717) is 18.1 Å². The molecule has 0 spiro atoms. The standard InChI is InChI=1S/C21H17N5O3/c27-20(28-15-19-23-24-21(29-19)17-9-5-2-6-10-17)12-11-18-14-26(25-22-18)13-16-7-3-1-4-8-16/h1-12,14H,13,15H2/b12-11+. The molecular weight excluding hydrogens is 370 g/mol. The van der Waals surface area contributed by atoms with Crippen LogP contribution < -0.4 is 0 Å². The average molecular weight is 387 g/mol. The van der Waals surface area contributed by atoms with Crippen LogP contribution >= 0.6 is 0 Å². The maximum atomic E-state index is 11.9. The summed E-state index contributed by atoms with van der Waals surface area (Å²) in [5, 5.41) is 15.9. The zero-order chi connectivity index (χ0) is 19.9. The molecule has 0 bridgehead atoms. The van der Waals surface area contributed by atoms with Gasteiger partial charge in [-0.15, -0.1) is 15.3 Å². The second-order valence-electron chi connectivity index (χ2n) is 6.13. The minimum absolute atomic E-state index is 0.107. The summed E-state index contributed by atoms with van der Waals surface area (Å²) in [5.41, 5.74) is 2.47. The van der Waals surface area contributed by atoms with Crippen molar-refractivity contribution in [2.45, 2.75) is 13.2 Å². The third-order valence-corrected chi connectivity index (χ3v) is 3.96. The summed E-state index contributed by atoms with van der Waals surface area (Å²) in [4.78, 5) is 11.9. The van der Waals surface area contributed by atoms with E-state index in [0.717, 1.165) is 11.1 Å². The quantitative estimate of drug-likeness (QED) is 0.355. The van der Waals surface area contributed by atoms with Gasteiger partial charge >= 0.3 is 5.97 Å². The minimum Gasteiger partial charge on any atom is -0.452 e. The zero-order valence-corrected chi connectivity index (χ0v) is 15.4. The van der Waals surface area contributed by atoms with Gasteiger partial charge in [-0.3, -0.25) is 0 Å². The SMILES string of the molecule is O=C(/C=C/c1cn(Cc2ccccc2)nn1)OCc1nnc(-c2ccccc2)o1. The molecule has 2 aromatic heterocycles. The molecule has 4 aromatic rings. The van der Waals surface area contributed by atoms with Gasteiger partial charge in [0, 0.05) is 11.6 Å². The Kier molecular flexibility index (Phi) is 5.52. The number of hydrogen-bond donors (Lipinski definition) is 0. The number of ether oxygens (including phenoxy) is 1. The molecule has 0 aliphatic carbocycles.